The average Bonchev–Trinajstić information content (AvgIpc) is 2.97. The van der Waals surface area contributed by atoms with Crippen LogP contribution in [0.15, 0.2) is 0 Å². The molecular formula is C30H51N7O10. The van der Waals surface area contributed by atoms with E-state index in [4.69, 9.17) is 0 Å². The van der Waals surface area contributed by atoms with E-state index in [9.17, 15) is 48.6 Å². The van der Waals surface area contributed by atoms with Crippen molar-refractivity contribution in [1.29, 1.82) is 0 Å². The lowest BCUT2D eigenvalue weighted by molar-refractivity contribution is -0.141. The van der Waals surface area contributed by atoms with Crippen LogP contribution in [0.3, 0.4) is 0 Å². The first-order valence-electron chi connectivity index (χ1n) is 15.8. The molecule has 0 bridgehead atoms. The third kappa shape index (κ3) is 14.4. The highest BCUT2D eigenvalue weighted by Crippen LogP contribution is 2.11. The highest BCUT2D eigenvalue weighted by atomic mass is 16.4. The summed E-state index contributed by atoms with van der Waals surface area (Å²) in [6.07, 6.45) is -1.65. The molecule has 1 fully saturated rings. The van der Waals surface area contributed by atoms with Gasteiger partial charge in [-0.3, -0.25) is 38.4 Å². The minimum absolute atomic E-state index is 0.0573. The van der Waals surface area contributed by atoms with Crippen molar-refractivity contribution in [2.75, 3.05) is 13.1 Å². The number of nitrogens with one attached hydrogen (secondary N) is 7. The van der Waals surface area contributed by atoms with Crippen LogP contribution in [0, 0.1) is 17.8 Å². The van der Waals surface area contributed by atoms with Crippen LogP contribution < -0.4 is 37.2 Å². The number of hydrogen-bond donors (Lipinski definition) is 9. The second-order valence-electron chi connectivity index (χ2n) is 12.7. The quantitative estimate of drug-likeness (QED) is 0.126. The Balaban J connectivity index is 3.54. The van der Waals surface area contributed by atoms with Crippen LogP contribution in [-0.2, 0) is 38.4 Å². The Hall–Kier alpha value is -4.28. The Kier molecular flexibility index (Phi) is 16.8. The number of amides is 7. The topological polar surface area (TPSA) is 261 Å². The molecule has 0 saturated carbocycles. The average molecular weight is 670 g/mol. The van der Waals surface area contributed by atoms with Gasteiger partial charge in [-0.05, 0) is 37.5 Å². The zero-order valence-corrected chi connectivity index (χ0v) is 28.1. The molecule has 9 N–H and O–H groups in total. The van der Waals surface area contributed by atoms with Crippen molar-refractivity contribution in [1.82, 2.24) is 37.2 Å². The van der Waals surface area contributed by atoms with Gasteiger partial charge in [0, 0.05) is 0 Å². The van der Waals surface area contributed by atoms with Crippen molar-refractivity contribution < 1.29 is 48.6 Å². The Morgan fingerprint density at radius 2 is 1.09 bits per heavy atom. The first-order chi connectivity index (χ1) is 21.9. The molecule has 0 aromatic heterocycles. The summed E-state index contributed by atoms with van der Waals surface area (Å²) in [6.45, 7) is 10.6. The number of aliphatic hydroxyl groups is 1. The van der Waals surface area contributed by atoms with Gasteiger partial charge in [0.05, 0.1) is 25.6 Å². The summed E-state index contributed by atoms with van der Waals surface area (Å²) in [6, 6.07) is -6.80. The van der Waals surface area contributed by atoms with Crippen molar-refractivity contribution in [3.05, 3.63) is 0 Å². The van der Waals surface area contributed by atoms with Crippen LogP contribution in [-0.4, -0.2) is 107 Å². The molecule has 0 aromatic rings. The normalized spacial score (nSPS) is 26.0. The second kappa shape index (κ2) is 19.4. The van der Waals surface area contributed by atoms with Gasteiger partial charge in [0.2, 0.25) is 41.4 Å². The van der Waals surface area contributed by atoms with E-state index in [1.54, 1.807) is 13.8 Å². The van der Waals surface area contributed by atoms with Crippen LogP contribution in [0.1, 0.15) is 74.1 Å². The Morgan fingerprint density at radius 1 is 0.638 bits per heavy atom. The van der Waals surface area contributed by atoms with Crippen molar-refractivity contribution >= 4 is 47.3 Å². The number of carbonyl (C=O) groups excluding carboxylic acids is 7. The van der Waals surface area contributed by atoms with E-state index in [1.807, 2.05) is 27.7 Å². The van der Waals surface area contributed by atoms with Crippen LogP contribution in [0.5, 0.6) is 0 Å². The maximum absolute atomic E-state index is 13.3. The molecule has 1 rings (SSSR count). The molecule has 17 nitrogen and oxygen atoms in total. The fourth-order valence-electron chi connectivity index (χ4n) is 4.72. The molecule has 0 aliphatic carbocycles. The molecule has 266 valence electrons. The molecule has 47 heavy (non-hydrogen) atoms. The third-order valence-electron chi connectivity index (χ3n) is 7.43. The predicted octanol–water partition coefficient (Wildman–Crippen LogP) is -2.35. The standard InChI is InChI=1S/C30H51N7O10/c1-8-16(6)24-29(46)37-25(17(7)38)30(47)35-20(11-23(41)42)27(44)31-12-21(39)33-19(10-15(4)5)28(45)34-18(9-14(2)3)26(43)32-13-22(40)36-24/h14-20,24-25,38H,8-13H2,1-7H3,(H,31,44)(H,32,43)(H,33,39)(H,34,45)(H,35,47)(H,36,40)(H,37,46)(H,41,42)/t16-,17+,18-,19-,20-,24-,25-/m0/s1. The molecule has 7 amide bonds. The van der Waals surface area contributed by atoms with Crippen LogP contribution >= 0.6 is 0 Å². The summed E-state index contributed by atoms with van der Waals surface area (Å²) in [7, 11) is 0. The molecular weight excluding hydrogens is 618 g/mol. The van der Waals surface area contributed by atoms with Crippen LogP contribution in [0.2, 0.25) is 0 Å². The SMILES string of the molecule is CC[C@H](C)[C@@H]1NC(=O)CNC(=O)[C@H](CC(C)C)NC(=O)[C@H](CC(C)C)NC(=O)CNC(=O)[C@H](CC(=O)O)NC(=O)[C@H]([C@@H](C)O)NC1=O. The van der Waals surface area contributed by atoms with Gasteiger partial charge in [0.1, 0.15) is 30.2 Å². The van der Waals surface area contributed by atoms with Gasteiger partial charge in [-0.15, -0.1) is 0 Å². The van der Waals surface area contributed by atoms with Gasteiger partial charge in [0.25, 0.3) is 0 Å². The van der Waals surface area contributed by atoms with E-state index >= 15 is 0 Å². The number of rotatable bonds is 9. The number of aliphatic carboxylic acids is 1. The van der Waals surface area contributed by atoms with Crippen molar-refractivity contribution in [3.8, 4) is 0 Å². The maximum atomic E-state index is 13.3. The predicted molar refractivity (Wildman–Crippen MR) is 168 cm³/mol. The largest absolute Gasteiger partial charge is 0.481 e. The summed E-state index contributed by atoms with van der Waals surface area (Å²) in [5, 5.41) is 36.6. The van der Waals surface area contributed by atoms with E-state index in [-0.39, 0.29) is 24.7 Å². The van der Waals surface area contributed by atoms with Gasteiger partial charge in [0.15, 0.2) is 0 Å². The highest BCUT2D eigenvalue weighted by molar-refractivity contribution is 5.98. The maximum Gasteiger partial charge on any atom is 0.305 e. The smallest absolute Gasteiger partial charge is 0.305 e. The summed E-state index contributed by atoms with van der Waals surface area (Å²) in [4.78, 5) is 103. The molecule has 0 unspecified atom stereocenters. The molecule has 1 aliphatic rings. The Morgan fingerprint density at radius 3 is 1.55 bits per heavy atom. The van der Waals surface area contributed by atoms with Crippen molar-refractivity contribution in [2.45, 2.75) is 110 Å². The highest BCUT2D eigenvalue weighted by Gasteiger charge is 2.35. The zero-order valence-electron chi connectivity index (χ0n) is 28.1. The number of carboxylic acids is 1. The second-order valence-corrected chi connectivity index (χ2v) is 12.7. The molecule has 0 spiro atoms. The summed E-state index contributed by atoms with van der Waals surface area (Å²) in [5.74, 6) is -8.00. The van der Waals surface area contributed by atoms with E-state index in [0.717, 1.165) is 0 Å². The first-order valence-corrected chi connectivity index (χ1v) is 15.8. The summed E-state index contributed by atoms with van der Waals surface area (Å²) >= 11 is 0. The zero-order chi connectivity index (χ0) is 36.0. The number of carboxylic acid groups (broad SMARTS) is 1. The van der Waals surface area contributed by atoms with Crippen LogP contribution in [0.4, 0.5) is 0 Å². The minimum Gasteiger partial charge on any atom is -0.481 e. The van der Waals surface area contributed by atoms with Crippen LogP contribution in [0.25, 0.3) is 0 Å². The van der Waals surface area contributed by atoms with Crippen molar-refractivity contribution in [2.24, 2.45) is 17.8 Å². The number of carbonyl (C=O) groups is 8. The molecule has 17 heteroatoms. The molecule has 1 heterocycles. The molecule has 1 saturated heterocycles. The molecule has 0 aromatic carbocycles. The third-order valence-corrected chi connectivity index (χ3v) is 7.43. The minimum atomic E-state index is -1.71. The molecule has 7 atom stereocenters. The first kappa shape index (κ1) is 40.7. The fraction of sp³-hybridized carbons (Fsp3) is 0.733. The van der Waals surface area contributed by atoms with Gasteiger partial charge in [-0.1, -0.05) is 48.0 Å². The Bertz CT molecular complexity index is 1160. The van der Waals surface area contributed by atoms with E-state index in [1.165, 1.54) is 6.92 Å². The molecule has 0 radical (unpaired) electrons. The van der Waals surface area contributed by atoms with Gasteiger partial charge in [-0.25, -0.2) is 0 Å². The van der Waals surface area contributed by atoms with E-state index < -0.39 is 109 Å². The fourth-order valence-corrected chi connectivity index (χ4v) is 4.72. The van der Waals surface area contributed by atoms with Gasteiger partial charge < -0.3 is 47.4 Å². The van der Waals surface area contributed by atoms with Gasteiger partial charge in [-0.2, -0.15) is 0 Å². The van der Waals surface area contributed by atoms with E-state index in [2.05, 4.69) is 37.2 Å². The number of aliphatic hydroxyl groups excluding tert-OH is 1. The van der Waals surface area contributed by atoms with Crippen molar-refractivity contribution in [3.63, 3.8) is 0 Å². The lowest BCUT2D eigenvalue weighted by Crippen LogP contribution is -2.61. The summed E-state index contributed by atoms with van der Waals surface area (Å²) in [5.41, 5.74) is 0. The lowest BCUT2D eigenvalue weighted by Gasteiger charge is -2.28. The van der Waals surface area contributed by atoms with E-state index in [0.29, 0.717) is 6.42 Å². The monoisotopic (exact) mass is 669 g/mol. The van der Waals surface area contributed by atoms with Gasteiger partial charge >= 0.3 is 5.97 Å². The molecule has 1 aliphatic heterocycles. The lowest BCUT2D eigenvalue weighted by atomic mass is 9.97. The Labute approximate surface area is 274 Å². The number of hydrogen-bond acceptors (Lipinski definition) is 9. The summed E-state index contributed by atoms with van der Waals surface area (Å²) < 4.78 is 0.